The summed E-state index contributed by atoms with van der Waals surface area (Å²) in [5.41, 5.74) is 3.04. The van der Waals surface area contributed by atoms with Crippen molar-refractivity contribution in [1.82, 2.24) is 20.2 Å². The smallest absolute Gasteiger partial charge is 0.313 e. The minimum atomic E-state index is -1.09. The van der Waals surface area contributed by atoms with E-state index >= 15 is 0 Å². The van der Waals surface area contributed by atoms with Crippen molar-refractivity contribution >= 4 is 17.7 Å². The molecule has 0 amide bonds. The number of nitrogens with zero attached hydrogens (tertiary/aromatic N) is 4. The Labute approximate surface area is 163 Å². The number of rotatable bonds is 6. The second-order valence-corrected chi connectivity index (χ2v) is 7.79. The number of hydrogen-bond acceptors (Lipinski definition) is 7. The molecule has 0 aromatic carbocycles. The first-order valence-electron chi connectivity index (χ1n) is 9.69. The van der Waals surface area contributed by atoms with E-state index in [1.165, 1.54) is 11.3 Å². The number of carbonyl (C=O) groups is 1. The Balaban J connectivity index is 1.60. The van der Waals surface area contributed by atoms with Gasteiger partial charge >= 0.3 is 5.97 Å². The van der Waals surface area contributed by atoms with Crippen molar-refractivity contribution in [3.63, 3.8) is 0 Å². The van der Waals surface area contributed by atoms with Gasteiger partial charge in [0.05, 0.1) is 30.9 Å². The molecule has 2 aromatic rings. The number of aromatic amines is 1. The fourth-order valence-electron chi connectivity index (χ4n) is 3.73. The molecule has 150 valence electrons. The molecule has 4 rings (SSSR count). The van der Waals surface area contributed by atoms with Crippen molar-refractivity contribution in [3.05, 3.63) is 28.7 Å². The SMILES string of the molecule is CC(C)(C(=O)O)c1cnc(NCc2n[nH]c3c2CCC3)nc1N1CCOCC1. The van der Waals surface area contributed by atoms with Gasteiger partial charge < -0.3 is 20.1 Å². The van der Waals surface area contributed by atoms with Gasteiger partial charge in [-0.3, -0.25) is 9.89 Å². The van der Waals surface area contributed by atoms with E-state index in [4.69, 9.17) is 4.74 Å². The fraction of sp³-hybridized carbons (Fsp3) is 0.579. The van der Waals surface area contributed by atoms with Crippen LogP contribution in [0.15, 0.2) is 6.20 Å². The fourth-order valence-corrected chi connectivity index (χ4v) is 3.73. The number of aromatic nitrogens is 4. The van der Waals surface area contributed by atoms with E-state index in [9.17, 15) is 9.90 Å². The number of aryl methyl sites for hydroxylation is 1. The third kappa shape index (κ3) is 3.42. The predicted octanol–water partition coefficient (Wildman–Crippen LogP) is 1.50. The summed E-state index contributed by atoms with van der Waals surface area (Å²) in [5, 5.41) is 20.4. The molecule has 28 heavy (non-hydrogen) atoms. The summed E-state index contributed by atoms with van der Waals surface area (Å²) in [4.78, 5) is 23.0. The molecule has 1 aliphatic heterocycles. The quantitative estimate of drug-likeness (QED) is 0.684. The van der Waals surface area contributed by atoms with Crippen LogP contribution < -0.4 is 10.2 Å². The van der Waals surface area contributed by atoms with E-state index in [2.05, 4.69) is 30.4 Å². The maximum Gasteiger partial charge on any atom is 0.313 e. The van der Waals surface area contributed by atoms with Crippen LogP contribution in [0.3, 0.4) is 0 Å². The van der Waals surface area contributed by atoms with Gasteiger partial charge in [0.2, 0.25) is 5.95 Å². The van der Waals surface area contributed by atoms with E-state index in [0.717, 1.165) is 25.0 Å². The number of anilines is 2. The maximum atomic E-state index is 11.8. The average molecular weight is 386 g/mol. The average Bonchev–Trinajstić information content (AvgIpc) is 3.31. The molecule has 0 unspecified atom stereocenters. The third-order valence-corrected chi connectivity index (χ3v) is 5.59. The van der Waals surface area contributed by atoms with E-state index < -0.39 is 11.4 Å². The minimum absolute atomic E-state index is 0.473. The molecule has 0 radical (unpaired) electrons. The Morgan fingerprint density at radius 1 is 1.36 bits per heavy atom. The summed E-state index contributed by atoms with van der Waals surface area (Å²) >= 11 is 0. The summed E-state index contributed by atoms with van der Waals surface area (Å²) in [6.45, 7) is 6.43. The highest BCUT2D eigenvalue weighted by atomic mass is 16.5. The molecule has 1 fully saturated rings. The van der Waals surface area contributed by atoms with Gasteiger partial charge in [0, 0.05) is 30.5 Å². The number of carboxylic acid groups (broad SMARTS) is 1. The zero-order valence-corrected chi connectivity index (χ0v) is 16.3. The molecular formula is C19H26N6O3. The molecule has 2 aliphatic rings. The van der Waals surface area contributed by atoms with Gasteiger partial charge in [0.15, 0.2) is 0 Å². The van der Waals surface area contributed by atoms with Crippen LogP contribution in [-0.2, 0) is 34.3 Å². The molecular weight excluding hydrogens is 360 g/mol. The van der Waals surface area contributed by atoms with Crippen LogP contribution in [0.1, 0.15) is 42.8 Å². The summed E-state index contributed by atoms with van der Waals surface area (Å²) < 4.78 is 5.43. The van der Waals surface area contributed by atoms with Crippen molar-refractivity contribution in [3.8, 4) is 0 Å². The number of hydrogen-bond donors (Lipinski definition) is 3. The molecule has 9 heteroatoms. The Kier molecular flexibility index (Phi) is 4.92. The second-order valence-electron chi connectivity index (χ2n) is 7.79. The van der Waals surface area contributed by atoms with Crippen LogP contribution in [0.25, 0.3) is 0 Å². The molecule has 0 saturated carbocycles. The first kappa shape index (κ1) is 18.7. The molecule has 0 atom stereocenters. The lowest BCUT2D eigenvalue weighted by molar-refractivity contribution is -0.142. The second kappa shape index (κ2) is 7.38. The Morgan fingerprint density at radius 2 is 2.14 bits per heavy atom. The monoisotopic (exact) mass is 386 g/mol. The van der Waals surface area contributed by atoms with E-state index in [0.29, 0.717) is 50.2 Å². The minimum Gasteiger partial charge on any atom is -0.481 e. The predicted molar refractivity (Wildman–Crippen MR) is 104 cm³/mol. The third-order valence-electron chi connectivity index (χ3n) is 5.59. The molecule has 3 heterocycles. The van der Waals surface area contributed by atoms with Crippen molar-refractivity contribution in [2.24, 2.45) is 0 Å². The summed E-state index contributed by atoms with van der Waals surface area (Å²) in [7, 11) is 0. The van der Waals surface area contributed by atoms with E-state index in [1.54, 1.807) is 20.0 Å². The summed E-state index contributed by atoms with van der Waals surface area (Å²) in [6.07, 6.45) is 4.89. The first-order chi connectivity index (χ1) is 13.5. The Morgan fingerprint density at radius 3 is 2.89 bits per heavy atom. The first-order valence-corrected chi connectivity index (χ1v) is 9.69. The zero-order valence-electron chi connectivity index (χ0n) is 16.3. The van der Waals surface area contributed by atoms with Crippen LogP contribution in [-0.4, -0.2) is 57.5 Å². The Hall–Kier alpha value is -2.68. The lowest BCUT2D eigenvalue weighted by Gasteiger charge is -2.32. The van der Waals surface area contributed by atoms with Crippen LogP contribution in [0.5, 0.6) is 0 Å². The van der Waals surface area contributed by atoms with Crippen LogP contribution in [0.2, 0.25) is 0 Å². The normalized spacial score (nSPS) is 16.9. The highest BCUT2D eigenvalue weighted by molar-refractivity contribution is 5.82. The number of aliphatic carboxylic acids is 1. The summed E-state index contributed by atoms with van der Waals surface area (Å²) in [6, 6.07) is 0. The van der Waals surface area contributed by atoms with Crippen LogP contribution in [0.4, 0.5) is 11.8 Å². The lowest BCUT2D eigenvalue weighted by atomic mass is 9.85. The van der Waals surface area contributed by atoms with Gasteiger partial charge in [-0.1, -0.05) is 0 Å². The standard InChI is InChI=1S/C19H26N6O3/c1-19(2,17(26)27)13-10-20-18(22-16(13)25-6-8-28-9-7-25)21-11-15-12-4-3-5-14(12)23-24-15/h10H,3-9,11H2,1-2H3,(H,23,24)(H,26,27)(H,20,21,22). The Bertz CT molecular complexity index is 873. The number of fused-ring (bicyclic) bond motifs is 1. The van der Waals surface area contributed by atoms with Crippen molar-refractivity contribution in [2.75, 3.05) is 36.5 Å². The summed E-state index contributed by atoms with van der Waals surface area (Å²) in [5.74, 6) is 0.222. The van der Waals surface area contributed by atoms with Gasteiger partial charge in [-0.2, -0.15) is 10.1 Å². The highest BCUT2D eigenvalue weighted by Gasteiger charge is 2.35. The van der Waals surface area contributed by atoms with E-state index in [1.807, 2.05) is 0 Å². The van der Waals surface area contributed by atoms with Crippen LogP contribution >= 0.6 is 0 Å². The van der Waals surface area contributed by atoms with Crippen LogP contribution in [0, 0.1) is 0 Å². The van der Waals surface area contributed by atoms with Gasteiger partial charge in [-0.25, -0.2) is 4.98 Å². The van der Waals surface area contributed by atoms with Gasteiger partial charge in [0.1, 0.15) is 5.82 Å². The van der Waals surface area contributed by atoms with Gasteiger partial charge in [-0.05, 0) is 38.7 Å². The zero-order chi connectivity index (χ0) is 19.7. The number of nitrogens with one attached hydrogen (secondary N) is 2. The number of morpholine rings is 1. The van der Waals surface area contributed by atoms with Gasteiger partial charge in [0.25, 0.3) is 0 Å². The number of carboxylic acids is 1. The van der Waals surface area contributed by atoms with Crippen molar-refractivity contribution in [2.45, 2.75) is 45.1 Å². The molecule has 9 nitrogen and oxygen atoms in total. The molecule has 1 saturated heterocycles. The topological polar surface area (TPSA) is 116 Å². The molecule has 3 N–H and O–H groups in total. The largest absolute Gasteiger partial charge is 0.481 e. The van der Waals surface area contributed by atoms with E-state index in [-0.39, 0.29) is 0 Å². The number of ether oxygens (including phenoxy) is 1. The molecule has 0 spiro atoms. The van der Waals surface area contributed by atoms with Crippen molar-refractivity contribution < 1.29 is 14.6 Å². The lowest BCUT2D eigenvalue weighted by Crippen LogP contribution is -2.40. The molecule has 0 bridgehead atoms. The molecule has 1 aliphatic carbocycles. The maximum absolute atomic E-state index is 11.8. The highest BCUT2D eigenvalue weighted by Crippen LogP contribution is 2.32. The molecule has 2 aromatic heterocycles. The van der Waals surface area contributed by atoms with Gasteiger partial charge in [-0.15, -0.1) is 0 Å². The number of H-pyrrole nitrogens is 1. The van der Waals surface area contributed by atoms with Crippen molar-refractivity contribution in [1.29, 1.82) is 0 Å².